The Kier molecular flexibility index (Phi) is 2.98. The molecule has 2 rings (SSSR count). The molecular formula is C11H10O. The Morgan fingerprint density at radius 3 is 2.67 bits per heavy atom. The number of hydrogen-bond acceptors (Lipinski definition) is 1. The SMILES string of the molecule is C#C.C1=Cc2ccccc2OC1. The zero-order chi connectivity index (χ0) is 8.81. The molecule has 12 heavy (non-hydrogen) atoms. The number of hydrogen-bond donors (Lipinski definition) is 0. The summed E-state index contributed by atoms with van der Waals surface area (Å²) in [4.78, 5) is 0. The molecule has 1 aromatic carbocycles. The number of para-hydroxylation sites is 1. The molecule has 0 unspecified atom stereocenters. The molecule has 0 radical (unpaired) electrons. The summed E-state index contributed by atoms with van der Waals surface area (Å²) in [6, 6.07) is 8.03. The van der Waals surface area contributed by atoms with Crippen LogP contribution in [0, 0.1) is 12.8 Å². The minimum absolute atomic E-state index is 0.705. The van der Waals surface area contributed by atoms with E-state index in [1.807, 2.05) is 30.3 Å². The average Bonchev–Trinajstić information content (AvgIpc) is 2.21. The van der Waals surface area contributed by atoms with Crippen molar-refractivity contribution >= 4 is 6.08 Å². The fraction of sp³-hybridized carbons (Fsp3) is 0.0909. The van der Waals surface area contributed by atoms with Crippen molar-refractivity contribution in [3.63, 3.8) is 0 Å². The maximum absolute atomic E-state index is 5.34. The van der Waals surface area contributed by atoms with Crippen molar-refractivity contribution in [3.05, 3.63) is 35.9 Å². The van der Waals surface area contributed by atoms with Gasteiger partial charge in [0.15, 0.2) is 0 Å². The van der Waals surface area contributed by atoms with Gasteiger partial charge in [0, 0.05) is 5.56 Å². The monoisotopic (exact) mass is 158 g/mol. The molecule has 0 N–H and O–H groups in total. The highest BCUT2D eigenvalue weighted by Gasteiger charge is 2.01. The molecule has 0 aromatic heterocycles. The fourth-order valence-electron chi connectivity index (χ4n) is 1.06. The second-order valence-electron chi connectivity index (χ2n) is 2.25. The van der Waals surface area contributed by atoms with E-state index in [1.54, 1.807) is 0 Å². The van der Waals surface area contributed by atoms with Crippen LogP contribution in [-0.4, -0.2) is 6.61 Å². The van der Waals surface area contributed by atoms with Crippen LogP contribution in [0.3, 0.4) is 0 Å². The van der Waals surface area contributed by atoms with Crippen LogP contribution in [0.25, 0.3) is 6.08 Å². The Bertz CT molecular complexity index is 297. The minimum Gasteiger partial charge on any atom is -0.489 e. The summed E-state index contributed by atoms with van der Waals surface area (Å²) < 4.78 is 5.34. The summed E-state index contributed by atoms with van der Waals surface area (Å²) in [7, 11) is 0. The van der Waals surface area contributed by atoms with Crippen LogP contribution in [0.5, 0.6) is 5.75 Å². The number of ether oxygens (including phenoxy) is 1. The molecule has 0 aliphatic carbocycles. The summed E-state index contributed by atoms with van der Waals surface area (Å²) in [5, 5.41) is 0. The Morgan fingerprint density at radius 1 is 1.17 bits per heavy atom. The van der Waals surface area contributed by atoms with Gasteiger partial charge in [-0.1, -0.05) is 24.3 Å². The van der Waals surface area contributed by atoms with E-state index >= 15 is 0 Å². The van der Waals surface area contributed by atoms with Crippen LogP contribution in [0.1, 0.15) is 5.56 Å². The normalized spacial score (nSPS) is 11.8. The third-order valence-electron chi connectivity index (χ3n) is 1.55. The van der Waals surface area contributed by atoms with Crippen LogP contribution in [0.4, 0.5) is 0 Å². The predicted molar refractivity (Wildman–Crippen MR) is 50.9 cm³/mol. The highest BCUT2D eigenvalue weighted by Crippen LogP contribution is 2.21. The van der Waals surface area contributed by atoms with E-state index in [9.17, 15) is 0 Å². The average molecular weight is 158 g/mol. The van der Waals surface area contributed by atoms with Gasteiger partial charge in [-0.2, -0.15) is 0 Å². The smallest absolute Gasteiger partial charge is 0.126 e. The lowest BCUT2D eigenvalue weighted by Gasteiger charge is -2.10. The van der Waals surface area contributed by atoms with Gasteiger partial charge in [-0.05, 0) is 12.1 Å². The van der Waals surface area contributed by atoms with E-state index in [-0.39, 0.29) is 0 Å². The molecule has 1 nitrogen and oxygen atoms in total. The molecule has 1 heteroatoms. The third kappa shape index (κ3) is 1.67. The van der Waals surface area contributed by atoms with E-state index in [4.69, 9.17) is 4.74 Å². The summed E-state index contributed by atoms with van der Waals surface area (Å²) >= 11 is 0. The van der Waals surface area contributed by atoms with Gasteiger partial charge >= 0.3 is 0 Å². The van der Waals surface area contributed by atoms with Crippen LogP contribution in [-0.2, 0) is 0 Å². The van der Waals surface area contributed by atoms with Gasteiger partial charge < -0.3 is 4.74 Å². The summed E-state index contributed by atoms with van der Waals surface area (Å²) in [5.41, 5.74) is 1.17. The van der Waals surface area contributed by atoms with E-state index in [0.29, 0.717) is 6.61 Å². The lowest BCUT2D eigenvalue weighted by molar-refractivity contribution is 0.358. The first-order chi connectivity index (χ1) is 5.97. The molecule has 1 heterocycles. The van der Waals surface area contributed by atoms with Crippen LogP contribution >= 0.6 is 0 Å². The second-order valence-corrected chi connectivity index (χ2v) is 2.25. The van der Waals surface area contributed by atoms with Crippen molar-refractivity contribution in [1.29, 1.82) is 0 Å². The van der Waals surface area contributed by atoms with Crippen molar-refractivity contribution in [1.82, 2.24) is 0 Å². The number of rotatable bonds is 0. The second kappa shape index (κ2) is 4.25. The molecule has 0 saturated carbocycles. The van der Waals surface area contributed by atoms with E-state index < -0.39 is 0 Å². The molecule has 60 valence electrons. The Balaban J connectivity index is 0.000000336. The number of terminal acetylenes is 1. The largest absolute Gasteiger partial charge is 0.489 e. The topological polar surface area (TPSA) is 9.23 Å². The zero-order valence-electron chi connectivity index (χ0n) is 6.73. The first-order valence-corrected chi connectivity index (χ1v) is 3.68. The van der Waals surface area contributed by atoms with Crippen LogP contribution in [0.15, 0.2) is 30.3 Å². The molecule has 0 bridgehead atoms. The first-order valence-electron chi connectivity index (χ1n) is 3.68. The molecule has 0 atom stereocenters. The number of fused-ring (bicyclic) bond motifs is 1. The summed E-state index contributed by atoms with van der Waals surface area (Å²) in [5.74, 6) is 0.991. The quantitative estimate of drug-likeness (QED) is 0.526. The molecule has 0 spiro atoms. The third-order valence-corrected chi connectivity index (χ3v) is 1.55. The lowest BCUT2D eigenvalue weighted by atomic mass is 10.1. The molecule has 0 fully saturated rings. The van der Waals surface area contributed by atoms with E-state index in [1.165, 1.54) is 5.56 Å². The van der Waals surface area contributed by atoms with Crippen molar-refractivity contribution in [3.8, 4) is 18.6 Å². The Hall–Kier alpha value is -1.68. The van der Waals surface area contributed by atoms with Gasteiger partial charge in [-0.3, -0.25) is 0 Å². The van der Waals surface area contributed by atoms with Gasteiger partial charge in [-0.15, -0.1) is 12.8 Å². The Labute approximate surface area is 72.7 Å². The van der Waals surface area contributed by atoms with Gasteiger partial charge in [0.25, 0.3) is 0 Å². The van der Waals surface area contributed by atoms with E-state index in [2.05, 4.69) is 18.9 Å². The van der Waals surface area contributed by atoms with E-state index in [0.717, 1.165) is 5.75 Å². The van der Waals surface area contributed by atoms with Gasteiger partial charge in [0.2, 0.25) is 0 Å². The Morgan fingerprint density at radius 2 is 1.92 bits per heavy atom. The highest BCUT2D eigenvalue weighted by molar-refractivity contribution is 5.58. The number of benzene rings is 1. The van der Waals surface area contributed by atoms with Gasteiger partial charge in [0.1, 0.15) is 12.4 Å². The minimum atomic E-state index is 0.705. The first kappa shape index (κ1) is 8.42. The van der Waals surface area contributed by atoms with Crippen LogP contribution < -0.4 is 4.74 Å². The summed E-state index contributed by atoms with van der Waals surface area (Å²) in [6.07, 6.45) is 12.1. The zero-order valence-corrected chi connectivity index (χ0v) is 6.73. The van der Waals surface area contributed by atoms with Crippen molar-refractivity contribution in [2.75, 3.05) is 6.61 Å². The maximum atomic E-state index is 5.34. The predicted octanol–water partition coefficient (Wildman–Crippen LogP) is 2.34. The molecule has 1 aromatic rings. The lowest BCUT2D eigenvalue weighted by Crippen LogP contribution is -1.98. The molecule has 0 amide bonds. The highest BCUT2D eigenvalue weighted by atomic mass is 16.5. The van der Waals surface area contributed by atoms with Gasteiger partial charge in [-0.25, -0.2) is 0 Å². The molecular weight excluding hydrogens is 148 g/mol. The molecule has 0 saturated heterocycles. The molecule has 1 aliphatic rings. The van der Waals surface area contributed by atoms with Crippen LogP contribution in [0.2, 0.25) is 0 Å². The maximum Gasteiger partial charge on any atom is 0.126 e. The van der Waals surface area contributed by atoms with Crippen molar-refractivity contribution < 1.29 is 4.74 Å². The molecule has 1 aliphatic heterocycles. The standard InChI is InChI=1S/C9H8O.C2H2/c1-2-6-9-8(4-1)5-3-7-10-9;1-2/h1-6H,7H2;1-2H. The van der Waals surface area contributed by atoms with Crippen molar-refractivity contribution in [2.45, 2.75) is 0 Å². The summed E-state index contributed by atoms with van der Waals surface area (Å²) in [6.45, 7) is 0.705. The van der Waals surface area contributed by atoms with Gasteiger partial charge in [0.05, 0.1) is 0 Å². The fourth-order valence-corrected chi connectivity index (χ4v) is 1.06. The van der Waals surface area contributed by atoms with Crippen molar-refractivity contribution in [2.24, 2.45) is 0 Å².